The summed E-state index contributed by atoms with van der Waals surface area (Å²) in [6.07, 6.45) is -1.28. The molecule has 144 valence electrons. The van der Waals surface area contributed by atoms with Gasteiger partial charge in [0.05, 0.1) is 0 Å². The molecule has 0 radical (unpaired) electrons. The van der Waals surface area contributed by atoms with Crippen molar-refractivity contribution < 1.29 is 44.7 Å². The minimum atomic E-state index is -3.00. The first-order valence-corrected chi connectivity index (χ1v) is 6.88. The first-order valence-electron chi connectivity index (χ1n) is 6.88. The van der Waals surface area contributed by atoms with E-state index in [1.165, 1.54) is 27.7 Å². The molecule has 9 nitrogen and oxygen atoms in total. The monoisotopic (exact) mass is 362 g/mol. The zero-order valence-corrected chi connectivity index (χ0v) is 14.8. The van der Waals surface area contributed by atoms with Gasteiger partial charge in [-0.2, -0.15) is 0 Å². The second-order valence-corrected chi connectivity index (χ2v) is 4.94. The van der Waals surface area contributed by atoms with E-state index in [1.54, 1.807) is 0 Å². The molecule has 0 aromatic rings. The zero-order valence-electron chi connectivity index (χ0n) is 14.8. The Hall–Kier alpha value is -2.49. The highest BCUT2D eigenvalue weighted by atomic mass is 16.7. The zero-order chi connectivity index (χ0) is 21.0. The van der Waals surface area contributed by atoms with Crippen LogP contribution in [0.1, 0.15) is 34.1 Å². The van der Waals surface area contributed by atoms with E-state index in [0.717, 1.165) is 0 Å². The molecule has 0 fully saturated rings. The SMILES string of the molecule is C=C(C)C(=O)O.C=C(C)C(=O)O.C=C(C)C(=O)OC(CC)C(O)(O)O. The second kappa shape index (κ2) is 12.9. The predicted octanol–water partition coefficient (Wildman–Crippen LogP) is 0.809. The van der Waals surface area contributed by atoms with Gasteiger partial charge in [-0.1, -0.05) is 26.7 Å². The van der Waals surface area contributed by atoms with Gasteiger partial charge in [0.25, 0.3) is 0 Å². The van der Waals surface area contributed by atoms with E-state index in [-0.39, 0.29) is 23.1 Å². The fraction of sp³-hybridized carbons (Fsp3) is 0.438. The molecule has 9 heteroatoms. The average Bonchev–Trinajstić information content (AvgIpc) is 2.43. The Morgan fingerprint density at radius 3 is 1.28 bits per heavy atom. The molecular weight excluding hydrogens is 336 g/mol. The highest BCUT2D eigenvalue weighted by molar-refractivity contribution is 5.87. The van der Waals surface area contributed by atoms with Crippen molar-refractivity contribution in [1.82, 2.24) is 0 Å². The third-order valence-electron chi connectivity index (χ3n) is 2.13. The minimum Gasteiger partial charge on any atom is -0.478 e. The molecule has 25 heavy (non-hydrogen) atoms. The lowest BCUT2D eigenvalue weighted by Crippen LogP contribution is -2.44. The molecule has 0 amide bonds. The van der Waals surface area contributed by atoms with E-state index in [0.29, 0.717) is 0 Å². The van der Waals surface area contributed by atoms with E-state index in [2.05, 4.69) is 24.5 Å². The number of carboxylic acids is 2. The van der Waals surface area contributed by atoms with E-state index in [1.807, 2.05) is 0 Å². The van der Waals surface area contributed by atoms with Crippen LogP contribution in [0.2, 0.25) is 0 Å². The quantitative estimate of drug-likeness (QED) is 0.261. The number of ether oxygens (including phenoxy) is 1. The summed E-state index contributed by atoms with van der Waals surface area (Å²) in [7, 11) is 0. The molecule has 1 unspecified atom stereocenters. The number of hydrogen-bond acceptors (Lipinski definition) is 7. The lowest BCUT2D eigenvalue weighted by molar-refractivity contribution is -0.355. The van der Waals surface area contributed by atoms with Crippen LogP contribution in [0.3, 0.4) is 0 Å². The molecule has 0 aliphatic heterocycles. The molecule has 0 aliphatic rings. The molecule has 0 aromatic heterocycles. The van der Waals surface area contributed by atoms with Crippen molar-refractivity contribution in [2.45, 2.75) is 46.2 Å². The molecule has 1 atom stereocenters. The third-order valence-corrected chi connectivity index (χ3v) is 2.13. The van der Waals surface area contributed by atoms with Crippen LogP contribution >= 0.6 is 0 Å². The molecule has 0 rings (SSSR count). The van der Waals surface area contributed by atoms with E-state index < -0.39 is 30.0 Å². The van der Waals surface area contributed by atoms with Crippen LogP contribution in [0.4, 0.5) is 0 Å². The minimum absolute atomic E-state index is 0.0858. The van der Waals surface area contributed by atoms with Crippen LogP contribution in [0.25, 0.3) is 0 Å². The Bertz CT molecular complexity index is 464. The first-order chi connectivity index (χ1) is 11.1. The summed E-state index contributed by atoms with van der Waals surface area (Å²) >= 11 is 0. The molecule has 0 saturated heterocycles. The largest absolute Gasteiger partial charge is 0.478 e. The van der Waals surface area contributed by atoms with Gasteiger partial charge in [0.15, 0.2) is 6.10 Å². The van der Waals surface area contributed by atoms with Crippen molar-refractivity contribution in [3.05, 3.63) is 36.5 Å². The van der Waals surface area contributed by atoms with Gasteiger partial charge in [0, 0.05) is 16.7 Å². The van der Waals surface area contributed by atoms with Crippen LogP contribution in [0.15, 0.2) is 36.5 Å². The number of carbonyl (C=O) groups excluding carboxylic acids is 1. The number of carboxylic acid groups (broad SMARTS) is 2. The summed E-state index contributed by atoms with van der Waals surface area (Å²) in [4.78, 5) is 30.1. The van der Waals surface area contributed by atoms with Gasteiger partial charge in [0.1, 0.15) is 0 Å². The lowest BCUT2D eigenvalue weighted by Gasteiger charge is -2.24. The lowest BCUT2D eigenvalue weighted by atomic mass is 10.2. The molecule has 0 aliphatic carbocycles. The van der Waals surface area contributed by atoms with Gasteiger partial charge >= 0.3 is 23.9 Å². The van der Waals surface area contributed by atoms with Gasteiger partial charge in [-0.25, -0.2) is 14.4 Å². The Kier molecular flexibility index (Phi) is 14.1. The highest BCUT2D eigenvalue weighted by Gasteiger charge is 2.34. The maximum Gasteiger partial charge on any atom is 0.333 e. The van der Waals surface area contributed by atoms with Crippen molar-refractivity contribution in [3.63, 3.8) is 0 Å². The maximum atomic E-state index is 10.9. The van der Waals surface area contributed by atoms with Gasteiger partial charge in [-0.15, -0.1) is 0 Å². The van der Waals surface area contributed by atoms with E-state index >= 15 is 0 Å². The number of hydrogen-bond donors (Lipinski definition) is 5. The maximum absolute atomic E-state index is 10.9. The molecule has 0 heterocycles. The Balaban J connectivity index is -0.000000336. The summed E-state index contributed by atoms with van der Waals surface area (Å²) in [5.41, 5.74) is 0.479. The fourth-order valence-electron chi connectivity index (χ4n) is 0.666. The topological polar surface area (TPSA) is 162 Å². The summed E-state index contributed by atoms with van der Waals surface area (Å²) in [6.45, 7) is 15.5. The number of aliphatic hydroxyl groups is 3. The molecule has 5 N–H and O–H groups in total. The molecule has 0 saturated carbocycles. The summed E-state index contributed by atoms with van der Waals surface area (Å²) < 4.78 is 4.54. The summed E-state index contributed by atoms with van der Waals surface area (Å²) in [6, 6.07) is 0. The molecule has 0 bridgehead atoms. The van der Waals surface area contributed by atoms with Crippen LogP contribution < -0.4 is 0 Å². The average molecular weight is 362 g/mol. The standard InChI is InChI=1S/C8H14O5.2C4H6O2/c1-4-6(8(10,11)12)13-7(9)5(2)3;2*1-3(2)4(5)6/h6,10-12H,2,4H2,1,3H3;2*1H2,2H3,(H,5,6). The first kappa shape index (κ1) is 27.4. The van der Waals surface area contributed by atoms with Crippen LogP contribution in [0, 0.1) is 0 Å². The number of esters is 1. The molecule has 0 aromatic carbocycles. The summed E-state index contributed by atoms with van der Waals surface area (Å²) in [5.74, 6) is -5.64. The number of rotatable bonds is 6. The number of aliphatic carboxylic acids is 2. The van der Waals surface area contributed by atoms with Crippen LogP contribution in [-0.2, 0) is 19.1 Å². The van der Waals surface area contributed by atoms with E-state index in [9.17, 15) is 14.4 Å². The normalized spacial score (nSPS) is 10.7. The van der Waals surface area contributed by atoms with Crippen LogP contribution in [-0.4, -0.2) is 55.5 Å². The molecule has 0 spiro atoms. The Morgan fingerprint density at radius 1 is 0.880 bits per heavy atom. The van der Waals surface area contributed by atoms with Gasteiger partial charge < -0.3 is 30.3 Å². The van der Waals surface area contributed by atoms with Gasteiger partial charge in [0.2, 0.25) is 0 Å². The third kappa shape index (κ3) is 17.7. The van der Waals surface area contributed by atoms with Crippen molar-refractivity contribution in [1.29, 1.82) is 0 Å². The van der Waals surface area contributed by atoms with Gasteiger partial charge in [-0.05, 0) is 27.2 Å². The van der Waals surface area contributed by atoms with Crippen molar-refractivity contribution in [2.24, 2.45) is 0 Å². The fourth-order valence-corrected chi connectivity index (χ4v) is 0.666. The second-order valence-electron chi connectivity index (χ2n) is 4.94. The Morgan fingerprint density at radius 2 is 1.16 bits per heavy atom. The van der Waals surface area contributed by atoms with Crippen LogP contribution in [0.5, 0.6) is 0 Å². The summed E-state index contributed by atoms with van der Waals surface area (Å²) in [5, 5.41) is 41.9. The van der Waals surface area contributed by atoms with Crippen molar-refractivity contribution in [2.75, 3.05) is 0 Å². The van der Waals surface area contributed by atoms with Gasteiger partial charge in [-0.3, -0.25) is 0 Å². The predicted molar refractivity (Wildman–Crippen MR) is 89.3 cm³/mol. The smallest absolute Gasteiger partial charge is 0.333 e. The number of carbonyl (C=O) groups is 3. The Labute approximate surface area is 146 Å². The molecular formula is C16H26O9. The van der Waals surface area contributed by atoms with E-state index in [4.69, 9.17) is 25.5 Å². The van der Waals surface area contributed by atoms with Crippen molar-refractivity contribution >= 4 is 17.9 Å². The highest BCUT2D eigenvalue weighted by Crippen LogP contribution is 2.12. The van der Waals surface area contributed by atoms with Crippen molar-refractivity contribution in [3.8, 4) is 0 Å².